The van der Waals surface area contributed by atoms with E-state index in [0.29, 0.717) is 47.6 Å². The molecule has 3 unspecified atom stereocenters. The summed E-state index contributed by atoms with van der Waals surface area (Å²) >= 11 is 0. The zero-order valence-corrected chi connectivity index (χ0v) is 26.1. The van der Waals surface area contributed by atoms with Crippen molar-refractivity contribution in [2.75, 3.05) is 6.54 Å². The quantitative estimate of drug-likeness (QED) is 0.497. The molecule has 7 rings (SSSR count). The van der Waals surface area contributed by atoms with E-state index in [4.69, 9.17) is 4.74 Å². The average molecular weight is 565 g/mol. The average Bonchev–Trinajstić information content (AvgIpc) is 3.56. The number of hydrogen-bond acceptors (Lipinski definition) is 5. The van der Waals surface area contributed by atoms with Crippen LogP contribution in [-0.4, -0.2) is 57.0 Å². The monoisotopic (exact) mass is 564 g/mol. The third-order valence-corrected chi connectivity index (χ3v) is 14.8. The van der Waals surface area contributed by atoms with Gasteiger partial charge in [0.05, 0.1) is 36.7 Å². The predicted molar refractivity (Wildman–Crippen MR) is 157 cm³/mol. The lowest BCUT2D eigenvalue weighted by Gasteiger charge is -2.63. The van der Waals surface area contributed by atoms with Gasteiger partial charge in [-0.1, -0.05) is 40.7 Å². The Balaban J connectivity index is 1.16. The lowest BCUT2D eigenvalue weighted by atomic mass is 9.41. The van der Waals surface area contributed by atoms with E-state index in [2.05, 4.69) is 39.6 Å². The number of carbonyl (C=O) groups excluding carboxylic acids is 1. The van der Waals surface area contributed by atoms with Crippen LogP contribution < -0.4 is 0 Å². The molecule has 2 spiro atoms. The van der Waals surface area contributed by atoms with Crippen LogP contribution >= 0.6 is 0 Å². The Morgan fingerprint density at radius 1 is 1.05 bits per heavy atom. The summed E-state index contributed by atoms with van der Waals surface area (Å²) in [6.45, 7) is 14.6. The number of pyridine rings is 1. The van der Waals surface area contributed by atoms with Crippen LogP contribution in [0.3, 0.4) is 0 Å². The molecule has 1 saturated heterocycles. The molecule has 12 atom stereocenters. The minimum Gasteiger partial charge on any atom is -0.393 e. The van der Waals surface area contributed by atoms with E-state index in [1.165, 1.54) is 19.3 Å². The van der Waals surface area contributed by atoms with Gasteiger partial charge >= 0.3 is 0 Å². The molecule has 6 heteroatoms. The van der Waals surface area contributed by atoms with Crippen LogP contribution in [-0.2, 0) is 16.1 Å². The molecule has 5 aliphatic carbocycles. The van der Waals surface area contributed by atoms with Gasteiger partial charge in [0.25, 0.3) is 0 Å². The summed E-state index contributed by atoms with van der Waals surface area (Å²) < 4.78 is 6.91. The number of aliphatic hydroxyl groups excluding tert-OH is 2. The summed E-state index contributed by atoms with van der Waals surface area (Å²) in [5.74, 6) is 1.87. The lowest BCUT2D eigenvalue weighted by molar-refractivity contribution is -0.182. The Morgan fingerprint density at radius 3 is 2.49 bits per heavy atom. The van der Waals surface area contributed by atoms with Gasteiger partial charge in [-0.05, 0) is 109 Å². The van der Waals surface area contributed by atoms with Crippen LogP contribution in [0.4, 0.5) is 0 Å². The number of amides is 1. The SMILES string of the molecule is CC(=O)N(Cc1ccccn1)CC1C[C@@H](C)[C@H]2C(O1)[C@H](O)[C@@]1(C)C3CC[C@H]4C(C)(C)[C@@H](O)CC[C@@]45C[C@@]35CC[C@]21C. The molecular weight excluding hydrogens is 512 g/mol. The fraction of sp³-hybridized carbons (Fsp3) is 0.829. The number of rotatable bonds is 4. The summed E-state index contributed by atoms with van der Waals surface area (Å²) in [6.07, 6.45) is 9.84. The summed E-state index contributed by atoms with van der Waals surface area (Å²) in [5.41, 5.74) is 1.36. The molecule has 226 valence electrons. The van der Waals surface area contributed by atoms with Crippen LogP contribution in [0.25, 0.3) is 0 Å². The summed E-state index contributed by atoms with van der Waals surface area (Å²) in [4.78, 5) is 19.0. The number of aliphatic hydroxyl groups is 2. The Bertz CT molecular complexity index is 1210. The number of ether oxygens (including phenoxy) is 1. The fourth-order valence-electron chi connectivity index (χ4n) is 12.7. The van der Waals surface area contributed by atoms with E-state index in [1.54, 1.807) is 13.1 Å². The fourth-order valence-corrected chi connectivity index (χ4v) is 12.7. The van der Waals surface area contributed by atoms with Gasteiger partial charge in [0.2, 0.25) is 5.91 Å². The van der Waals surface area contributed by atoms with Gasteiger partial charge in [0.15, 0.2) is 0 Å². The Labute approximate surface area is 246 Å². The number of fused-ring (bicyclic) bond motifs is 4. The highest BCUT2D eigenvalue weighted by Crippen LogP contribution is 2.89. The van der Waals surface area contributed by atoms with E-state index in [9.17, 15) is 15.0 Å². The van der Waals surface area contributed by atoms with Gasteiger partial charge in [0, 0.05) is 25.1 Å². The van der Waals surface area contributed by atoms with Gasteiger partial charge < -0.3 is 19.8 Å². The van der Waals surface area contributed by atoms with Crippen molar-refractivity contribution in [1.29, 1.82) is 0 Å². The van der Waals surface area contributed by atoms with Crippen molar-refractivity contribution in [3.8, 4) is 0 Å². The number of aromatic nitrogens is 1. The van der Waals surface area contributed by atoms with Crippen molar-refractivity contribution in [2.45, 2.75) is 124 Å². The molecule has 0 bridgehead atoms. The van der Waals surface area contributed by atoms with E-state index < -0.39 is 6.10 Å². The Hall–Kier alpha value is -1.50. The van der Waals surface area contributed by atoms with Crippen molar-refractivity contribution in [3.63, 3.8) is 0 Å². The molecule has 0 aromatic carbocycles. The molecule has 41 heavy (non-hydrogen) atoms. The van der Waals surface area contributed by atoms with Crippen molar-refractivity contribution < 1.29 is 19.7 Å². The zero-order valence-electron chi connectivity index (χ0n) is 26.1. The minimum absolute atomic E-state index is 0.0284. The van der Waals surface area contributed by atoms with Crippen LogP contribution in [0.15, 0.2) is 24.4 Å². The highest BCUT2D eigenvalue weighted by Gasteiger charge is 2.84. The van der Waals surface area contributed by atoms with Crippen LogP contribution in [0.1, 0.15) is 98.6 Å². The van der Waals surface area contributed by atoms with Gasteiger partial charge in [-0.15, -0.1) is 0 Å². The smallest absolute Gasteiger partial charge is 0.219 e. The maximum absolute atomic E-state index is 12.7. The standard InChI is InChI=1S/C35H52N2O4/c1-21-17-24(19-37(22(2)38)18-23-9-7-8-16-36-23)41-29-28(21)32(5)14-15-35-20-34(35)13-12-27(39)31(3,4)25(34)10-11-26(35)33(32,6)30(29)40/h7-9,16,21,24-30,39-40H,10-15,17-20H2,1-6H3/t21-,24?,25+,26?,27+,28+,29?,30+,32-,33-,34-,35+/m1/s1. The molecule has 6 nitrogen and oxygen atoms in total. The largest absolute Gasteiger partial charge is 0.393 e. The van der Waals surface area contributed by atoms with Crippen LogP contribution in [0, 0.1) is 50.7 Å². The highest BCUT2D eigenvalue weighted by atomic mass is 16.5. The Morgan fingerprint density at radius 2 is 1.78 bits per heavy atom. The van der Waals surface area contributed by atoms with Crippen molar-refractivity contribution in [1.82, 2.24) is 9.88 Å². The normalized spacial score (nSPS) is 50.9. The first-order chi connectivity index (χ1) is 19.3. The number of carbonyl (C=O) groups is 1. The third kappa shape index (κ3) is 3.53. The molecule has 1 amide bonds. The van der Waals surface area contributed by atoms with Crippen molar-refractivity contribution in [3.05, 3.63) is 30.1 Å². The van der Waals surface area contributed by atoms with Crippen molar-refractivity contribution >= 4 is 5.91 Å². The second-order valence-corrected chi connectivity index (χ2v) is 16.4. The predicted octanol–water partition coefficient (Wildman–Crippen LogP) is 5.60. The van der Waals surface area contributed by atoms with E-state index in [0.717, 1.165) is 37.8 Å². The first-order valence-electron chi connectivity index (χ1n) is 16.5. The second kappa shape index (κ2) is 9.01. The molecule has 6 fully saturated rings. The maximum atomic E-state index is 12.7. The first kappa shape index (κ1) is 28.3. The van der Waals surface area contributed by atoms with Gasteiger partial charge in [-0.25, -0.2) is 0 Å². The molecule has 1 aromatic heterocycles. The molecular formula is C35H52N2O4. The summed E-state index contributed by atoms with van der Waals surface area (Å²) in [5, 5.41) is 23.4. The topological polar surface area (TPSA) is 82.9 Å². The molecule has 0 radical (unpaired) electrons. The van der Waals surface area contributed by atoms with Crippen molar-refractivity contribution in [2.24, 2.45) is 50.7 Å². The Kier molecular flexibility index (Phi) is 6.22. The molecule has 2 N–H and O–H groups in total. The molecule has 1 aliphatic heterocycles. The van der Waals surface area contributed by atoms with E-state index >= 15 is 0 Å². The third-order valence-electron chi connectivity index (χ3n) is 14.8. The van der Waals surface area contributed by atoms with Gasteiger partial charge in [0.1, 0.15) is 0 Å². The highest BCUT2D eigenvalue weighted by molar-refractivity contribution is 5.73. The zero-order chi connectivity index (χ0) is 29.2. The molecule has 2 heterocycles. The van der Waals surface area contributed by atoms with Gasteiger partial charge in [-0.3, -0.25) is 9.78 Å². The molecule has 1 aromatic rings. The van der Waals surface area contributed by atoms with E-state index in [1.807, 2.05) is 23.1 Å². The minimum atomic E-state index is -0.497. The number of nitrogens with zero attached hydrogens (tertiary/aromatic N) is 2. The second-order valence-electron chi connectivity index (χ2n) is 16.4. The molecule has 5 saturated carbocycles. The summed E-state index contributed by atoms with van der Waals surface area (Å²) in [6, 6.07) is 5.82. The lowest BCUT2D eigenvalue weighted by Crippen LogP contribution is -2.59. The maximum Gasteiger partial charge on any atom is 0.219 e. The van der Waals surface area contributed by atoms with Gasteiger partial charge in [-0.2, -0.15) is 0 Å². The van der Waals surface area contributed by atoms with Crippen LogP contribution in [0.2, 0.25) is 0 Å². The summed E-state index contributed by atoms with van der Waals surface area (Å²) in [7, 11) is 0. The molecule has 6 aliphatic rings. The van der Waals surface area contributed by atoms with E-state index in [-0.39, 0.29) is 40.5 Å². The van der Waals surface area contributed by atoms with Crippen LogP contribution in [0.5, 0.6) is 0 Å². The number of hydrogen-bond donors (Lipinski definition) is 2. The first-order valence-corrected chi connectivity index (χ1v) is 16.5.